The van der Waals surface area contributed by atoms with Crippen LogP contribution in [0.5, 0.6) is 0 Å². The molecule has 1 radical (unpaired) electrons. The molecule has 4 N–H and O–H groups in total. The highest BCUT2D eigenvalue weighted by Crippen LogP contribution is 1.97. The summed E-state index contributed by atoms with van der Waals surface area (Å²) in [5.41, 5.74) is 1.12. The summed E-state index contributed by atoms with van der Waals surface area (Å²) in [6.45, 7) is 0.584. The number of benzene rings is 1. The van der Waals surface area contributed by atoms with E-state index in [9.17, 15) is 0 Å². The van der Waals surface area contributed by atoms with Crippen LogP contribution in [-0.4, -0.2) is 0 Å². The number of rotatable bonds is 2. The van der Waals surface area contributed by atoms with Gasteiger partial charge in [0, 0.05) is 10.7 Å². The van der Waals surface area contributed by atoms with Gasteiger partial charge in [0.2, 0.25) is 0 Å². The Morgan fingerprint density at radius 3 is 2.20 bits per heavy atom. The largest absolute Gasteiger partial charge is 0.192 e. The fourth-order valence-corrected chi connectivity index (χ4v) is 0.794. The lowest BCUT2D eigenvalue weighted by atomic mass is 10.2. The Morgan fingerprint density at radius 2 is 1.70 bits per heavy atom. The molecule has 0 aliphatic carbocycles. The van der Waals surface area contributed by atoms with Crippen LogP contribution in [-0.2, 0) is 6.54 Å². The Bertz CT molecular complexity index is 183. The van der Waals surface area contributed by atoms with Gasteiger partial charge in [-0.1, -0.05) is 30.3 Å². The highest BCUT2D eigenvalue weighted by atomic mass is 15.6. The summed E-state index contributed by atoms with van der Waals surface area (Å²) >= 11 is 0. The molecule has 3 heteroatoms. The van der Waals surface area contributed by atoms with E-state index in [1.54, 1.807) is 0 Å². The lowest BCUT2D eigenvalue weighted by molar-refractivity contribution is 0.438. The van der Waals surface area contributed by atoms with Crippen molar-refractivity contribution in [3.8, 4) is 0 Å². The molecule has 10 heavy (non-hydrogen) atoms. The average Bonchev–Trinajstić information content (AvgIpc) is 1.88. The van der Waals surface area contributed by atoms with Crippen LogP contribution in [0, 0.1) is 0 Å². The Labute approximate surface area is 60.2 Å². The van der Waals surface area contributed by atoms with Gasteiger partial charge in [-0.15, -0.1) is 11.7 Å². The van der Waals surface area contributed by atoms with Crippen molar-refractivity contribution in [2.45, 2.75) is 6.54 Å². The Kier molecular flexibility index (Phi) is 2.39. The first-order valence-corrected chi connectivity index (χ1v) is 3.10. The van der Waals surface area contributed by atoms with E-state index < -0.39 is 0 Å². The summed E-state index contributed by atoms with van der Waals surface area (Å²) in [5, 5.41) is 1.16. The first kappa shape index (κ1) is 7.21. The fraction of sp³-hybridized carbons (Fsp3) is 0.143. The molecule has 1 rings (SSSR count). The number of hydrogen-bond acceptors (Lipinski definition) is 3. The molecule has 0 amide bonds. The molecule has 0 heterocycles. The van der Waals surface area contributed by atoms with Crippen molar-refractivity contribution in [3.63, 3.8) is 0 Å². The van der Waals surface area contributed by atoms with Crippen molar-refractivity contribution in [1.29, 1.82) is 0 Å². The van der Waals surface area contributed by atoms with Gasteiger partial charge in [0.25, 0.3) is 0 Å². The fourth-order valence-electron chi connectivity index (χ4n) is 0.794. The van der Waals surface area contributed by atoms with Crippen molar-refractivity contribution in [2.24, 2.45) is 11.7 Å². The van der Waals surface area contributed by atoms with Gasteiger partial charge in [-0.2, -0.15) is 0 Å². The second-order valence-corrected chi connectivity index (χ2v) is 2.16. The van der Waals surface area contributed by atoms with Crippen LogP contribution in [0.25, 0.3) is 0 Å². The second kappa shape index (κ2) is 3.31. The Balaban J connectivity index is 2.59. The minimum Gasteiger partial charge on any atom is -0.109 e. The molecular weight excluding hydrogens is 126 g/mol. The maximum atomic E-state index is 5.24. The molecule has 0 bridgehead atoms. The van der Waals surface area contributed by atoms with E-state index >= 15 is 0 Å². The highest BCUT2D eigenvalue weighted by Gasteiger charge is 2.01. The van der Waals surface area contributed by atoms with Gasteiger partial charge in [0.1, 0.15) is 0 Å². The number of hydrazine groups is 2. The quantitative estimate of drug-likeness (QED) is 0.344. The van der Waals surface area contributed by atoms with Crippen molar-refractivity contribution >= 4 is 0 Å². The zero-order valence-corrected chi connectivity index (χ0v) is 5.70. The Morgan fingerprint density at radius 1 is 1.10 bits per heavy atom. The molecule has 53 valence electrons. The molecule has 0 fully saturated rings. The molecule has 3 nitrogen and oxygen atoms in total. The average molecular weight is 137 g/mol. The second-order valence-electron chi connectivity index (χ2n) is 2.16. The van der Waals surface area contributed by atoms with Crippen molar-refractivity contribution in [2.75, 3.05) is 0 Å². The zero-order valence-electron chi connectivity index (χ0n) is 5.70. The van der Waals surface area contributed by atoms with Crippen LogP contribution in [0.4, 0.5) is 0 Å². The monoisotopic (exact) mass is 137 g/mol. The third-order valence-corrected chi connectivity index (χ3v) is 1.21. The van der Waals surface area contributed by atoms with Crippen LogP contribution in [0.1, 0.15) is 5.56 Å². The molecule has 0 unspecified atom stereocenters. The molecule has 0 spiro atoms. The van der Waals surface area contributed by atoms with Crippen LogP contribution in [0.3, 0.4) is 0 Å². The smallest absolute Gasteiger partial charge is 0.109 e. The summed E-state index contributed by atoms with van der Waals surface area (Å²) in [6, 6.07) is 9.83. The minimum atomic E-state index is 0.584. The predicted molar refractivity (Wildman–Crippen MR) is 40.7 cm³/mol. The molecular formula is C7H11N3+. The predicted octanol–water partition coefficient (Wildman–Crippen LogP) is 0.0741. The van der Waals surface area contributed by atoms with Gasteiger partial charge in [0.05, 0.1) is 0 Å². The van der Waals surface area contributed by atoms with Gasteiger partial charge in [0.15, 0.2) is 6.54 Å². The van der Waals surface area contributed by atoms with Crippen LogP contribution in [0.15, 0.2) is 30.3 Å². The summed E-state index contributed by atoms with van der Waals surface area (Å²) in [7, 11) is 0. The standard InChI is InChI=1S/C7H11N3/c8-10(9)6-7-4-2-1-3-5-7/h1-5H,6,8-9H2/q+1. The summed E-state index contributed by atoms with van der Waals surface area (Å²) < 4.78 is 0. The molecule has 0 saturated heterocycles. The van der Waals surface area contributed by atoms with Gasteiger partial charge >= 0.3 is 0 Å². The van der Waals surface area contributed by atoms with E-state index in [0.29, 0.717) is 6.54 Å². The normalized spacial score (nSPS) is 10.3. The highest BCUT2D eigenvalue weighted by molar-refractivity contribution is 5.14. The van der Waals surface area contributed by atoms with E-state index in [2.05, 4.69) is 0 Å². The summed E-state index contributed by atoms with van der Waals surface area (Å²) in [4.78, 5) is 0. The maximum absolute atomic E-state index is 5.24. The molecule has 0 atom stereocenters. The Hall–Kier alpha value is -0.900. The minimum absolute atomic E-state index is 0.584. The van der Waals surface area contributed by atoms with Crippen molar-refractivity contribution in [3.05, 3.63) is 35.9 Å². The van der Waals surface area contributed by atoms with Gasteiger partial charge in [-0.05, 0) is 0 Å². The van der Waals surface area contributed by atoms with Crippen molar-refractivity contribution in [1.82, 2.24) is 5.12 Å². The van der Waals surface area contributed by atoms with E-state index in [4.69, 9.17) is 11.7 Å². The summed E-state index contributed by atoms with van der Waals surface area (Å²) in [6.07, 6.45) is 0. The first-order chi connectivity index (χ1) is 4.79. The lowest BCUT2D eigenvalue weighted by Crippen LogP contribution is -2.43. The maximum Gasteiger partial charge on any atom is 0.192 e. The number of hydrogen-bond donors (Lipinski definition) is 2. The van der Waals surface area contributed by atoms with E-state index in [1.807, 2.05) is 30.3 Å². The van der Waals surface area contributed by atoms with Gasteiger partial charge in [-0.25, -0.2) is 0 Å². The lowest BCUT2D eigenvalue weighted by Gasteiger charge is -1.96. The van der Waals surface area contributed by atoms with E-state index in [1.165, 1.54) is 0 Å². The van der Waals surface area contributed by atoms with Gasteiger partial charge in [-0.3, -0.25) is 0 Å². The molecule has 0 aliphatic heterocycles. The van der Waals surface area contributed by atoms with Crippen molar-refractivity contribution < 1.29 is 0 Å². The van der Waals surface area contributed by atoms with Crippen LogP contribution >= 0.6 is 0 Å². The number of nitrogens with zero attached hydrogens (tertiary/aromatic N) is 1. The third-order valence-electron chi connectivity index (χ3n) is 1.21. The van der Waals surface area contributed by atoms with Crippen LogP contribution in [0.2, 0.25) is 0 Å². The zero-order chi connectivity index (χ0) is 7.40. The summed E-state index contributed by atoms with van der Waals surface area (Å²) in [5.74, 6) is 10.5. The third kappa shape index (κ3) is 2.14. The number of nitrogens with two attached hydrogens (primary N) is 2. The SMILES string of the molecule is N[N+](N)Cc1ccccc1. The van der Waals surface area contributed by atoms with Gasteiger partial charge < -0.3 is 0 Å². The van der Waals surface area contributed by atoms with Crippen LogP contribution < -0.4 is 16.8 Å². The molecule has 0 saturated carbocycles. The van der Waals surface area contributed by atoms with E-state index in [-0.39, 0.29) is 0 Å². The van der Waals surface area contributed by atoms with E-state index in [0.717, 1.165) is 10.7 Å². The molecule has 0 aromatic heterocycles. The molecule has 1 aromatic rings. The first-order valence-electron chi connectivity index (χ1n) is 3.10. The topological polar surface area (TPSA) is 57.9 Å². The molecule has 0 aliphatic rings. The molecule has 1 aromatic carbocycles.